The zero-order valence-corrected chi connectivity index (χ0v) is 12.9. The van der Waals surface area contributed by atoms with Crippen LogP contribution in [0.1, 0.15) is 13.8 Å². The number of aliphatic carboxylic acids is 1. The summed E-state index contributed by atoms with van der Waals surface area (Å²) < 4.78 is 28.7. The number of nitrogens with one attached hydrogen (secondary N) is 2. The predicted octanol–water partition coefficient (Wildman–Crippen LogP) is -1.86. The average Bonchev–Trinajstić information content (AvgIpc) is 2.36. The van der Waals surface area contributed by atoms with E-state index in [9.17, 15) is 22.8 Å². The number of carbonyl (C=O) groups is 3. The summed E-state index contributed by atoms with van der Waals surface area (Å²) in [5, 5.41) is 11.8. The minimum Gasteiger partial charge on any atom is -0.480 e. The molecule has 10 heteroatoms. The van der Waals surface area contributed by atoms with Crippen molar-refractivity contribution >= 4 is 27.6 Å². The van der Waals surface area contributed by atoms with Gasteiger partial charge < -0.3 is 20.5 Å². The van der Waals surface area contributed by atoms with Gasteiger partial charge in [0.05, 0.1) is 12.4 Å². The Balaban J connectivity index is 4.81. The van der Waals surface area contributed by atoms with E-state index in [4.69, 9.17) is 9.84 Å². The fourth-order valence-corrected chi connectivity index (χ4v) is 2.77. The first kappa shape index (κ1) is 19.3. The maximum absolute atomic E-state index is 12.0. The van der Waals surface area contributed by atoms with Gasteiger partial charge in [-0.3, -0.25) is 9.59 Å². The normalized spacial score (nSPS) is 14.0. The topological polar surface area (TPSA) is 139 Å². The highest BCUT2D eigenvalue weighted by molar-refractivity contribution is 7.92. The third kappa shape index (κ3) is 7.04. The molecular formula is C11H20N2O7S. The van der Waals surface area contributed by atoms with Gasteiger partial charge in [0.25, 0.3) is 0 Å². The number of carbonyl (C=O) groups excluding carboxylic acids is 2. The number of hydrogen-bond acceptors (Lipinski definition) is 6. The molecule has 122 valence electrons. The van der Waals surface area contributed by atoms with Crippen LogP contribution in [0.5, 0.6) is 0 Å². The minimum absolute atomic E-state index is 0.142. The van der Waals surface area contributed by atoms with E-state index in [1.807, 2.05) is 5.32 Å². The third-order valence-corrected chi connectivity index (χ3v) is 4.68. The SMILES string of the molecule is COCCNC(=O)C(C)S(=O)(=O)CC(NC(C)=O)C(=O)O. The lowest BCUT2D eigenvalue weighted by atomic mass is 10.3. The lowest BCUT2D eigenvalue weighted by Gasteiger charge is -2.17. The first-order valence-electron chi connectivity index (χ1n) is 6.10. The largest absolute Gasteiger partial charge is 0.480 e. The Morgan fingerprint density at radius 1 is 1.29 bits per heavy atom. The van der Waals surface area contributed by atoms with E-state index in [0.29, 0.717) is 0 Å². The number of ether oxygens (including phenoxy) is 1. The number of rotatable bonds is 9. The van der Waals surface area contributed by atoms with Gasteiger partial charge >= 0.3 is 5.97 Å². The van der Waals surface area contributed by atoms with Gasteiger partial charge in [0.15, 0.2) is 9.84 Å². The van der Waals surface area contributed by atoms with Crippen molar-refractivity contribution in [2.75, 3.05) is 26.0 Å². The Hall–Kier alpha value is -1.68. The van der Waals surface area contributed by atoms with Crippen LogP contribution in [0.2, 0.25) is 0 Å². The van der Waals surface area contributed by atoms with Gasteiger partial charge in [0.1, 0.15) is 11.3 Å². The van der Waals surface area contributed by atoms with Crippen LogP contribution in [0.25, 0.3) is 0 Å². The summed E-state index contributed by atoms with van der Waals surface area (Å²) >= 11 is 0. The summed E-state index contributed by atoms with van der Waals surface area (Å²) in [4.78, 5) is 33.4. The van der Waals surface area contributed by atoms with Gasteiger partial charge in [-0.25, -0.2) is 13.2 Å². The molecule has 0 saturated carbocycles. The first-order chi connectivity index (χ1) is 9.61. The molecule has 2 atom stereocenters. The summed E-state index contributed by atoms with van der Waals surface area (Å²) in [5.74, 6) is -3.77. The van der Waals surface area contributed by atoms with Gasteiger partial charge in [-0.1, -0.05) is 0 Å². The fraction of sp³-hybridized carbons (Fsp3) is 0.727. The lowest BCUT2D eigenvalue weighted by Crippen LogP contribution is -2.48. The molecule has 0 saturated heterocycles. The summed E-state index contributed by atoms with van der Waals surface area (Å²) in [7, 11) is -2.61. The monoisotopic (exact) mass is 324 g/mol. The van der Waals surface area contributed by atoms with Crippen molar-refractivity contribution in [2.45, 2.75) is 25.1 Å². The summed E-state index contributed by atoms with van der Waals surface area (Å²) in [6, 6.07) is -1.60. The van der Waals surface area contributed by atoms with E-state index in [2.05, 4.69) is 5.32 Å². The van der Waals surface area contributed by atoms with Crippen LogP contribution in [0.4, 0.5) is 0 Å². The van der Waals surface area contributed by atoms with Crippen molar-refractivity contribution in [3.63, 3.8) is 0 Å². The van der Waals surface area contributed by atoms with Gasteiger partial charge in [-0.15, -0.1) is 0 Å². The highest BCUT2D eigenvalue weighted by Gasteiger charge is 2.33. The molecule has 0 aromatic rings. The van der Waals surface area contributed by atoms with Crippen LogP contribution in [-0.4, -0.2) is 68.6 Å². The maximum Gasteiger partial charge on any atom is 0.327 e. The smallest absolute Gasteiger partial charge is 0.327 e. The Kier molecular flexibility index (Phi) is 7.89. The van der Waals surface area contributed by atoms with Crippen molar-refractivity contribution < 1.29 is 32.6 Å². The van der Waals surface area contributed by atoms with Crippen molar-refractivity contribution in [3.05, 3.63) is 0 Å². The molecule has 0 radical (unpaired) electrons. The zero-order chi connectivity index (χ0) is 16.6. The van der Waals surface area contributed by atoms with E-state index >= 15 is 0 Å². The highest BCUT2D eigenvalue weighted by Crippen LogP contribution is 2.05. The summed E-state index contributed by atoms with van der Waals surface area (Å²) in [5.41, 5.74) is 0. The summed E-state index contributed by atoms with van der Waals surface area (Å²) in [6.07, 6.45) is 0. The molecule has 0 bridgehead atoms. The van der Waals surface area contributed by atoms with Crippen LogP contribution in [0.3, 0.4) is 0 Å². The Bertz CT molecular complexity index is 489. The standard InChI is InChI=1S/C11H20N2O7S/c1-7(10(15)12-4-5-20-3)21(18,19)6-9(11(16)17)13-8(2)14/h7,9H,4-6H2,1-3H3,(H,12,15)(H,13,14)(H,16,17). The number of carboxylic acid groups (broad SMARTS) is 1. The molecule has 0 aromatic carbocycles. The second kappa shape index (κ2) is 8.57. The lowest BCUT2D eigenvalue weighted by molar-refractivity contribution is -0.140. The van der Waals surface area contributed by atoms with Gasteiger partial charge in [0, 0.05) is 20.6 Å². The van der Waals surface area contributed by atoms with Crippen LogP contribution in [0.15, 0.2) is 0 Å². The molecule has 0 rings (SSSR count). The first-order valence-corrected chi connectivity index (χ1v) is 7.81. The van der Waals surface area contributed by atoms with Crippen LogP contribution in [-0.2, 0) is 29.0 Å². The number of methoxy groups -OCH3 is 1. The molecule has 0 aliphatic rings. The van der Waals surface area contributed by atoms with Crippen LogP contribution in [0, 0.1) is 0 Å². The molecule has 2 unspecified atom stereocenters. The maximum atomic E-state index is 12.0. The fourth-order valence-electron chi connectivity index (χ4n) is 1.38. The Morgan fingerprint density at radius 3 is 2.29 bits per heavy atom. The van der Waals surface area contributed by atoms with Gasteiger partial charge in [-0.2, -0.15) is 0 Å². The molecule has 0 heterocycles. The molecule has 3 N–H and O–H groups in total. The van der Waals surface area contributed by atoms with Crippen LogP contribution >= 0.6 is 0 Å². The molecule has 9 nitrogen and oxygen atoms in total. The predicted molar refractivity (Wildman–Crippen MR) is 73.4 cm³/mol. The molecule has 0 aromatic heterocycles. The molecular weight excluding hydrogens is 304 g/mol. The van der Waals surface area contributed by atoms with E-state index in [0.717, 1.165) is 13.8 Å². The van der Waals surface area contributed by atoms with E-state index in [1.165, 1.54) is 7.11 Å². The quantitative estimate of drug-likeness (QED) is 0.423. The zero-order valence-electron chi connectivity index (χ0n) is 12.1. The second-order valence-electron chi connectivity index (χ2n) is 4.35. The third-order valence-electron chi connectivity index (χ3n) is 2.59. The van der Waals surface area contributed by atoms with Gasteiger partial charge in [-0.05, 0) is 6.92 Å². The highest BCUT2D eigenvalue weighted by atomic mass is 32.2. The van der Waals surface area contributed by atoms with E-state index < -0.39 is 44.7 Å². The number of hydrogen-bond donors (Lipinski definition) is 3. The second-order valence-corrected chi connectivity index (χ2v) is 6.71. The number of sulfone groups is 1. The van der Waals surface area contributed by atoms with Gasteiger partial charge in [0.2, 0.25) is 11.8 Å². The van der Waals surface area contributed by atoms with E-state index in [-0.39, 0.29) is 13.2 Å². The Morgan fingerprint density at radius 2 is 1.86 bits per heavy atom. The molecule has 0 fully saturated rings. The van der Waals surface area contributed by atoms with Crippen LogP contribution < -0.4 is 10.6 Å². The molecule has 2 amide bonds. The van der Waals surface area contributed by atoms with E-state index in [1.54, 1.807) is 0 Å². The summed E-state index contributed by atoms with van der Waals surface area (Å²) in [6.45, 7) is 2.60. The number of carboxylic acids is 1. The molecule has 0 aliphatic carbocycles. The number of amides is 2. The molecule has 0 aliphatic heterocycles. The Labute approximate surface area is 123 Å². The van der Waals surface area contributed by atoms with Crippen molar-refractivity contribution in [2.24, 2.45) is 0 Å². The van der Waals surface area contributed by atoms with Crippen molar-refractivity contribution in [1.29, 1.82) is 0 Å². The minimum atomic E-state index is -4.03. The van der Waals surface area contributed by atoms with Crippen molar-refractivity contribution in [3.8, 4) is 0 Å². The van der Waals surface area contributed by atoms with Crippen molar-refractivity contribution in [1.82, 2.24) is 10.6 Å². The molecule has 21 heavy (non-hydrogen) atoms. The molecule has 0 spiro atoms. The average molecular weight is 324 g/mol.